The minimum Gasteiger partial charge on any atom is -0.377 e. The van der Waals surface area contributed by atoms with E-state index in [9.17, 15) is 8.42 Å². The van der Waals surface area contributed by atoms with Gasteiger partial charge >= 0.3 is 0 Å². The second-order valence-corrected chi connectivity index (χ2v) is 6.45. The fourth-order valence-electron chi connectivity index (χ4n) is 2.02. The molecule has 2 N–H and O–H groups in total. The van der Waals surface area contributed by atoms with E-state index in [-0.39, 0.29) is 6.04 Å². The second kappa shape index (κ2) is 5.54. The van der Waals surface area contributed by atoms with Gasteiger partial charge in [0.2, 0.25) is 10.0 Å². The highest BCUT2D eigenvalue weighted by Gasteiger charge is 2.09. The van der Waals surface area contributed by atoms with Gasteiger partial charge in [0.1, 0.15) is 0 Å². The first-order valence-corrected chi connectivity index (χ1v) is 8.06. The molecule has 0 fully saturated rings. The van der Waals surface area contributed by atoms with Crippen LogP contribution in [0.1, 0.15) is 18.7 Å². The summed E-state index contributed by atoms with van der Waals surface area (Å²) in [5, 5.41) is 7.45. The highest BCUT2D eigenvalue weighted by Crippen LogP contribution is 2.21. The zero-order valence-corrected chi connectivity index (χ0v) is 12.5. The first-order valence-electron chi connectivity index (χ1n) is 6.17. The first kappa shape index (κ1) is 14.4. The lowest BCUT2D eigenvalue weighted by atomic mass is 10.2. The average molecular weight is 294 g/mol. The third-order valence-electron chi connectivity index (χ3n) is 2.85. The van der Waals surface area contributed by atoms with E-state index in [4.69, 9.17) is 0 Å². The predicted octanol–water partition coefficient (Wildman–Crippen LogP) is 1.96. The van der Waals surface area contributed by atoms with Crippen molar-refractivity contribution >= 4 is 21.4 Å². The summed E-state index contributed by atoms with van der Waals surface area (Å²) in [6.45, 7) is 2.02. The zero-order chi connectivity index (χ0) is 14.8. The lowest BCUT2D eigenvalue weighted by Crippen LogP contribution is -2.12. The number of aryl methyl sites for hydroxylation is 1. The van der Waals surface area contributed by atoms with Crippen molar-refractivity contribution < 1.29 is 8.42 Å². The van der Waals surface area contributed by atoms with Crippen LogP contribution in [0.25, 0.3) is 0 Å². The van der Waals surface area contributed by atoms with Gasteiger partial charge in [-0.25, -0.2) is 8.42 Å². The van der Waals surface area contributed by atoms with Crippen LogP contribution in [0.3, 0.4) is 0 Å². The largest absolute Gasteiger partial charge is 0.377 e. The lowest BCUT2D eigenvalue weighted by molar-refractivity contribution is 0.607. The van der Waals surface area contributed by atoms with Gasteiger partial charge in [0.15, 0.2) is 0 Å². The smallest absolute Gasteiger partial charge is 0.229 e. The van der Waals surface area contributed by atoms with Gasteiger partial charge in [-0.15, -0.1) is 0 Å². The maximum Gasteiger partial charge on any atom is 0.229 e. The molecule has 0 saturated heterocycles. The van der Waals surface area contributed by atoms with Gasteiger partial charge in [0.25, 0.3) is 0 Å². The molecule has 1 atom stereocenters. The van der Waals surface area contributed by atoms with Crippen LogP contribution < -0.4 is 10.0 Å². The average Bonchev–Trinajstić information content (AvgIpc) is 2.73. The molecule has 20 heavy (non-hydrogen) atoms. The van der Waals surface area contributed by atoms with Gasteiger partial charge < -0.3 is 5.32 Å². The number of nitrogens with zero attached hydrogens (tertiary/aromatic N) is 2. The zero-order valence-electron chi connectivity index (χ0n) is 11.7. The molecule has 0 radical (unpaired) electrons. The Kier molecular flexibility index (Phi) is 3.99. The second-order valence-electron chi connectivity index (χ2n) is 4.70. The summed E-state index contributed by atoms with van der Waals surface area (Å²) < 4.78 is 26.7. The lowest BCUT2D eigenvalue weighted by Gasteiger charge is -2.16. The number of rotatable bonds is 5. The third kappa shape index (κ3) is 3.74. The monoisotopic (exact) mass is 294 g/mol. The van der Waals surface area contributed by atoms with Crippen molar-refractivity contribution in [2.75, 3.05) is 16.3 Å². The van der Waals surface area contributed by atoms with Crippen molar-refractivity contribution in [1.29, 1.82) is 0 Å². The molecule has 1 aromatic heterocycles. The van der Waals surface area contributed by atoms with E-state index in [1.54, 1.807) is 29.1 Å². The Morgan fingerprint density at radius 3 is 2.55 bits per heavy atom. The van der Waals surface area contributed by atoms with Gasteiger partial charge in [0.05, 0.1) is 23.7 Å². The number of hydrogen-bond donors (Lipinski definition) is 2. The Morgan fingerprint density at radius 1 is 1.25 bits per heavy atom. The summed E-state index contributed by atoms with van der Waals surface area (Å²) in [4.78, 5) is 0. The van der Waals surface area contributed by atoms with Crippen LogP contribution in [0, 0.1) is 0 Å². The predicted molar refractivity (Wildman–Crippen MR) is 80.2 cm³/mol. The molecule has 0 aliphatic carbocycles. The minimum absolute atomic E-state index is 0.0657. The Bertz CT molecular complexity index is 694. The molecular formula is C13H18N4O2S. The van der Waals surface area contributed by atoms with Gasteiger partial charge in [-0.1, -0.05) is 6.07 Å². The molecular weight excluding hydrogens is 276 g/mol. The van der Waals surface area contributed by atoms with E-state index in [1.807, 2.05) is 26.1 Å². The maximum absolute atomic E-state index is 11.2. The van der Waals surface area contributed by atoms with Crippen molar-refractivity contribution in [3.63, 3.8) is 0 Å². The van der Waals surface area contributed by atoms with Crippen LogP contribution in [0.15, 0.2) is 36.5 Å². The molecule has 0 spiro atoms. The highest BCUT2D eigenvalue weighted by atomic mass is 32.2. The van der Waals surface area contributed by atoms with Crippen molar-refractivity contribution in [1.82, 2.24) is 9.78 Å². The maximum atomic E-state index is 11.2. The summed E-state index contributed by atoms with van der Waals surface area (Å²) in [5.41, 5.74) is 2.42. The van der Waals surface area contributed by atoms with E-state index in [1.165, 1.54) is 0 Å². The number of sulfonamides is 1. The Balaban J connectivity index is 2.14. The van der Waals surface area contributed by atoms with Gasteiger partial charge in [-0.3, -0.25) is 9.40 Å². The molecule has 6 nitrogen and oxygen atoms in total. The molecule has 1 aromatic carbocycles. The fourth-order valence-corrected chi connectivity index (χ4v) is 2.57. The van der Waals surface area contributed by atoms with E-state index in [0.29, 0.717) is 5.69 Å². The summed E-state index contributed by atoms with van der Waals surface area (Å²) in [5.74, 6) is 0. The van der Waals surface area contributed by atoms with Crippen LogP contribution in [-0.2, 0) is 17.1 Å². The Hall–Kier alpha value is -2.02. The molecule has 1 heterocycles. The standard InChI is InChI=1S/C13H18N4O2S/c1-10(13-7-8-14-17(13)2)15-11-5-4-6-12(9-11)16-20(3,18)19/h4-10,15-16H,1-3H3. The summed E-state index contributed by atoms with van der Waals surface area (Å²) in [6.07, 6.45) is 2.88. The van der Waals surface area contributed by atoms with Crippen LogP contribution in [0.2, 0.25) is 0 Å². The van der Waals surface area contributed by atoms with Crippen LogP contribution >= 0.6 is 0 Å². The van der Waals surface area contributed by atoms with Crippen molar-refractivity contribution in [3.05, 3.63) is 42.2 Å². The summed E-state index contributed by atoms with van der Waals surface area (Å²) in [7, 11) is -1.38. The highest BCUT2D eigenvalue weighted by molar-refractivity contribution is 7.92. The SMILES string of the molecule is CC(Nc1cccc(NS(C)(=O)=O)c1)c1ccnn1C. The van der Waals surface area contributed by atoms with Crippen LogP contribution in [-0.4, -0.2) is 24.5 Å². The normalized spacial score (nSPS) is 12.9. The topological polar surface area (TPSA) is 76.0 Å². The number of hydrogen-bond acceptors (Lipinski definition) is 4. The molecule has 7 heteroatoms. The van der Waals surface area contributed by atoms with Gasteiger partial charge in [-0.2, -0.15) is 5.10 Å². The molecule has 0 saturated carbocycles. The number of aromatic nitrogens is 2. The van der Waals surface area contributed by atoms with E-state index < -0.39 is 10.0 Å². The molecule has 1 unspecified atom stereocenters. The van der Waals surface area contributed by atoms with E-state index in [2.05, 4.69) is 15.1 Å². The molecule has 0 amide bonds. The van der Waals surface area contributed by atoms with Crippen LogP contribution in [0.4, 0.5) is 11.4 Å². The summed E-state index contributed by atoms with van der Waals surface area (Å²) in [6, 6.07) is 9.16. The van der Waals surface area contributed by atoms with Crippen molar-refractivity contribution in [2.24, 2.45) is 7.05 Å². The van der Waals surface area contributed by atoms with Crippen molar-refractivity contribution in [3.8, 4) is 0 Å². The number of benzene rings is 1. The Labute approximate surface area is 118 Å². The quantitative estimate of drug-likeness (QED) is 0.884. The summed E-state index contributed by atoms with van der Waals surface area (Å²) >= 11 is 0. The van der Waals surface area contributed by atoms with Gasteiger partial charge in [-0.05, 0) is 31.2 Å². The molecule has 0 bridgehead atoms. The molecule has 108 valence electrons. The first-order chi connectivity index (χ1) is 9.35. The number of nitrogens with one attached hydrogen (secondary N) is 2. The number of anilines is 2. The molecule has 0 aliphatic heterocycles. The van der Waals surface area contributed by atoms with Crippen LogP contribution in [0.5, 0.6) is 0 Å². The molecule has 0 aliphatic rings. The molecule has 2 aromatic rings. The molecule has 2 rings (SSSR count). The van der Waals surface area contributed by atoms with E-state index in [0.717, 1.165) is 17.6 Å². The third-order valence-corrected chi connectivity index (χ3v) is 3.46. The fraction of sp³-hybridized carbons (Fsp3) is 0.308. The van der Waals surface area contributed by atoms with Gasteiger partial charge in [0, 0.05) is 18.9 Å². The van der Waals surface area contributed by atoms with Crippen molar-refractivity contribution in [2.45, 2.75) is 13.0 Å². The minimum atomic E-state index is -3.26. The van der Waals surface area contributed by atoms with E-state index >= 15 is 0 Å². The Morgan fingerprint density at radius 2 is 1.95 bits per heavy atom.